The number of nitrogens with one attached hydrogen (secondary N) is 1. The van der Waals surface area contributed by atoms with Crippen molar-refractivity contribution in [1.29, 1.82) is 0 Å². The van der Waals surface area contributed by atoms with Gasteiger partial charge in [0.2, 0.25) is 5.91 Å². The van der Waals surface area contributed by atoms with Crippen LogP contribution in [0.5, 0.6) is 0 Å². The van der Waals surface area contributed by atoms with Crippen molar-refractivity contribution in [2.75, 3.05) is 32.7 Å². The van der Waals surface area contributed by atoms with Gasteiger partial charge in [-0.2, -0.15) is 12.7 Å². The minimum Gasteiger partial charge on any atom is -0.348 e. The van der Waals surface area contributed by atoms with Gasteiger partial charge in [-0.15, -0.1) is 0 Å². The minimum atomic E-state index is -3.67. The number of carbonyl (C=O) groups is 1. The van der Waals surface area contributed by atoms with Crippen molar-refractivity contribution in [2.24, 2.45) is 11.1 Å². The number of rotatable bonds is 6. The van der Waals surface area contributed by atoms with E-state index in [2.05, 4.69) is 5.32 Å². The lowest BCUT2D eigenvalue weighted by molar-refractivity contribution is -0.123. The summed E-state index contributed by atoms with van der Waals surface area (Å²) in [6, 6.07) is 6.21. The third kappa shape index (κ3) is 5.47. The maximum Gasteiger partial charge on any atom is 0.276 e. The number of carbonyl (C=O) groups excluding carboxylic acids is 1. The monoisotopic (exact) mass is 398 g/mol. The standard InChI is InChI=1S/C18H27FN4O3S/c19-16-7-5-15(6-8-16)18(14-3-1-2-4-14)21-17(24)13-22-9-11-23(12-10-22)27(20,25)26/h5-8,14,18H,1-4,9-13H2,(H,21,24)(H2,20,25,26). The van der Waals surface area contributed by atoms with E-state index in [0.717, 1.165) is 31.2 Å². The fourth-order valence-corrected chi connectivity index (χ4v) is 4.67. The number of nitrogens with two attached hydrogens (primary N) is 1. The summed E-state index contributed by atoms with van der Waals surface area (Å²) in [4.78, 5) is 14.5. The Kier molecular flexibility index (Phi) is 6.46. The van der Waals surface area contributed by atoms with Gasteiger partial charge in [0.05, 0.1) is 12.6 Å². The predicted molar refractivity (Wildman–Crippen MR) is 100 cm³/mol. The molecule has 0 aromatic heterocycles. The van der Waals surface area contributed by atoms with Gasteiger partial charge >= 0.3 is 0 Å². The number of piperazine rings is 1. The second kappa shape index (κ2) is 8.64. The molecule has 0 radical (unpaired) electrons. The molecule has 1 atom stereocenters. The van der Waals surface area contributed by atoms with E-state index < -0.39 is 10.2 Å². The quantitative estimate of drug-likeness (QED) is 0.747. The Morgan fingerprint density at radius 1 is 1.15 bits per heavy atom. The number of benzene rings is 1. The van der Waals surface area contributed by atoms with Crippen LogP contribution >= 0.6 is 0 Å². The van der Waals surface area contributed by atoms with E-state index in [-0.39, 0.29) is 37.4 Å². The number of halogens is 1. The summed E-state index contributed by atoms with van der Waals surface area (Å²) in [6.45, 7) is 1.72. The van der Waals surface area contributed by atoms with E-state index in [1.807, 2.05) is 4.90 Å². The SMILES string of the molecule is NS(=O)(=O)N1CCN(CC(=O)NC(c2ccc(F)cc2)C2CCCC2)CC1. The molecule has 150 valence electrons. The predicted octanol–water partition coefficient (Wildman–Crippen LogP) is 0.994. The van der Waals surface area contributed by atoms with Crippen molar-refractivity contribution >= 4 is 16.1 Å². The first-order chi connectivity index (χ1) is 12.8. The highest BCUT2D eigenvalue weighted by molar-refractivity contribution is 7.86. The molecule has 0 bridgehead atoms. The maximum absolute atomic E-state index is 13.3. The Labute approximate surface area is 159 Å². The number of nitrogens with zero attached hydrogens (tertiary/aromatic N) is 2. The Hall–Kier alpha value is -1.55. The van der Waals surface area contributed by atoms with E-state index in [9.17, 15) is 17.6 Å². The van der Waals surface area contributed by atoms with E-state index in [1.165, 1.54) is 16.4 Å². The van der Waals surface area contributed by atoms with Crippen molar-refractivity contribution in [3.63, 3.8) is 0 Å². The fourth-order valence-electron chi connectivity index (χ4n) is 4.00. The zero-order valence-corrected chi connectivity index (χ0v) is 16.1. The summed E-state index contributed by atoms with van der Waals surface area (Å²) in [6.07, 6.45) is 4.40. The molecule has 2 fully saturated rings. The Morgan fingerprint density at radius 3 is 2.30 bits per heavy atom. The van der Waals surface area contributed by atoms with Crippen LogP contribution in [0.4, 0.5) is 4.39 Å². The van der Waals surface area contributed by atoms with Crippen LogP contribution in [0.3, 0.4) is 0 Å². The highest BCUT2D eigenvalue weighted by Gasteiger charge is 2.29. The van der Waals surface area contributed by atoms with Crippen molar-refractivity contribution < 1.29 is 17.6 Å². The summed E-state index contributed by atoms with van der Waals surface area (Å²) in [5, 5.41) is 8.27. The summed E-state index contributed by atoms with van der Waals surface area (Å²) in [5.41, 5.74) is 0.927. The highest BCUT2D eigenvalue weighted by Crippen LogP contribution is 2.35. The van der Waals surface area contributed by atoms with Gasteiger partial charge in [-0.05, 0) is 36.5 Å². The van der Waals surface area contributed by atoms with Crippen molar-refractivity contribution in [3.8, 4) is 0 Å². The topological polar surface area (TPSA) is 95.7 Å². The molecule has 7 nitrogen and oxygen atoms in total. The van der Waals surface area contributed by atoms with Gasteiger partial charge in [0.25, 0.3) is 10.2 Å². The van der Waals surface area contributed by atoms with Crippen LogP contribution in [0.25, 0.3) is 0 Å². The normalized spacial score (nSPS) is 21.3. The molecule has 1 aliphatic heterocycles. The van der Waals surface area contributed by atoms with Gasteiger partial charge < -0.3 is 5.32 Å². The first kappa shape index (κ1) is 20.2. The molecule has 1 amide bonds. The molecule has 1 heterocycles. The number of amides is 1. The van der Waals surface area contributed by atoms with Crippen LogP contribution in [-0.4, -0.2) is 56.3 Å². The van der Waals surface area contributed by atoms with Crippen LogP contribution in [-0.2, 0) is 15.0 Å². The van der Waals surface area contributed by atoms with Gasteiger partial charge in [0.1, 0.15) is 5.82 Å². The van der Waals surface area contributed by atoms with E-state index in [0.29, 0.717) is 19.0 Å². The van der Waals surface area contributed by atoms with Gasteiger partial charge in [0.15, 0.2) is 0 Å². The fraction of sp³-hybridized carbons (Fsp3) is 0.611. The second-order valence-electron chi connectivity index (χ2n) is 7.36. The molecule has 1 saturated heterocycles. The van der Waals surface area contributed by atoms with Crippen LogP contribution in [0.2, 0.25) is 0 Å². The molecular formula is C18H27FN4O3S. The summed E-state index contributed by atoms with van der Waals surface area (Å²) >= 11 is 0. The first-order valence-electron chi connectivity index (χ1n) is 9.38. The van der Waals surface area contributed by atoms with Crippen molar-refractivity contribution in [1.82, 2.24) is 14.5 Å². The first-order valence-corrected chi connectivity index (χ1v) is 10.9. The van der Waals surface area contributed by atoms with Crippen LogP contribution in [0.1, 0.15) is 37.3 Å². The second-order valence-corrected chi connectivity index (χ2v) is 8.91. The molecule has 1 saturated carbocycles. The summed E-state index contributed by atoms with van der Waals surface area (Å²) in [7, 11) is -3.67. The molecular weight excluding hydrogens is 371 g/mol. The molecule has 3 rings (SSSR count). The lowest BCUT2D eigenvalue weighted by Gasteiger charge is -2.33. The molecule has 1 aliphatic carbocycles. The van der Waals surface area contributed by atoms with E-state index in [1.54, 1.807) is 12.1 Å². The molecule has 9 heteroatoms. The Bertz CT molecular complexity index is 742. The average Bonchev–Trinajstić information content (AvgIpc) is 3.14. The molecule has 1 aromatic rings. The zero-order chi connectivity index (χ0) is 19.4. The van der Waals surface area contributed by atoms with Crippen LogP contribution < -0.4 is 10.5 Å². The summed E-state index contributed by atoms with van der Waals surface area (Å²) < 4.78 is 37.2. The van der Waals surface area contributed by atoms with Gasteiger partial charge in [-0.1, -0.05) is 25.0 Å². The maximum atomic E-state index is 13.3. The average molecular weight is 399 g/mol. The smallest absolute Gasteiger partial charge is 0.276 e. The Morgan fingerprint density at radius 2 is 1.74 bits per heavy atom. The van der Waals surface area contributed by atoms with Gasteiger partial charge in [-0.25, -0.2) is 9.53 Å². The minimum absolute atomic E-state index is 0.0970. The summed E-state index contributed by atoms with van der Waals surface area (Å²) in [5.74, 6) is -0.0260. The highest BCUT2D eigenvalue weighted by atomic mass is 32.2. The molecule has 27 heavy (non-hydrogen) atoms. The third-order valence-electron chi connectivity index (χ3n) is 5.48. The lowest BCUT2D eigenvalue weighted by atomic mass is 9.91. The Balaban J connectivity index is 1.59. The van der Waals surface area contributed by atoms with Gasteiger partial charge in [0, 0.05) is 26.2 Å². The van der Waals surface area contributed by atoms with Gasteiger partial charge in [-0.3, -0.25) is 9.69 Å². The largest absolute Gasteiger partial charge is 0.348 e. The molecule has 1 aromatic carbocycles. The van der Waals surface area contributed by atoms with Crippen molar-refractivity contribution in [3.05, 3.63) is 35.6 Å². The van der Waals surface area contributed by atoms with Crippen LogP contribution in [0.15, 0.2) is 24.3 Å². The third-order valence-corrected chi connectivity index (χ3v) is 6.56. The van der Waals surface area contributed by atoms with Crippen molar-refractivity contribution in [2.45, 2.75) is 31.7 Å². The molecule has 0 spiro atoms. The number of hydrogen-bond acceptors (Lipinski definition) is 4. The number of hydrogen-bond donors (Lipinski definition) is 2. The zero-order valence-electron chi connectivity index (χ0n) is 15.3. The van der Waals surface area contributed by atoms with E-state index in [4.69, 9.17) is 5.14 Å². The molecule has 3 N–H and O–H groups in total. The lowest BCUT2D eigenvalue weighted by Crippen LogP contribution is -2.52. The molecule has 2 aliphatic rings. The van der Waals surface area contributed by atoms with Crippen LogP contribution in [0, 0.1) is 11.7 Å². The molecule has 1 unspecified atom stereocenters. The van der Waals surface area contributed by atoms with E-state index >= 15 is 0 Å².